The van der Waals surface area contributed by atoms with Crippen LogP contribution in [0, 0.1) is 6.92 Å². The predicted octanol–water partition coefficient (Wildman–Crippen LogP) is 2.21. The monoisotopic (exact) mass is 378 g/mol. The number of aromatic nitrogens is 5. The van der Waals surface area contributed by atoms with E-state index < -0.39 is 0 Å². The van der Waals surface area contributed by atoms with Crippen molar-refractivity contribution in [3.05, 3.63) is 51.2 Å². The van der Waals surface area contributed by atoms with Crippen molar-refractivity contribution in [2.45, 2.75) is 44.6 Å². The standard InChI is InChI=1S/C20H22N6O2/c1-11-18-13(10-15(12-5-6-12)21-19(18)25(2)24-11)20(28)26-9-3-4-16(26)14-7-8-17(27)23-22-14/h7-8,10,12,16H,3-6,9H2,1-2H3,(H,23,27). The Morgan fingerprint density at radius 2 is 2.04 bits per heavy atom. The Kier molecular flexibility index (Phi) is 3.82. The molecule has 0 spiro atoms. The number of carbonyl (C=O) groups is 1. The number of rotatable bonds is 3. The van der Waals surface area contributed by atoms with Crippen LogP contribution in [0.15, 0.2) is 23.0 Å². The summed E-state index contributed by atoms with van der Waals surface area (Å²) in [4.78, 5) is 31.6. The van der Waals surface area contributed by atoms with Crippen LogP contribution >= 0.6 is 0 Å². The molecule has 3 aromatic heterocycles. The number of hydrogen-bond donors (Lipinski definition) is 1. The molecule has 1 saturated carbocycles. The highest BCUT2D eigenvalue weighted by Gasteiger charge is 2.35. The van der Waals surface area contributed by atoms with Gasteiger partial charge in [-0.15, -0.1) is 0 Å². The van der Waals surface area contributed by atoms with Gasteiger partial charge in [0, 0.05) is 31.3 Å². The summed E-state index contributed by atoms with van der Waals surface area (Å²) < 4.78 is 1.76. The quantitative estimate of drug-likeness (QED) is 0.754. The molecule has 0 bridgehead atoms. The van der Waals surface area contributed by atoms with Crippen molar-refractivity contribution in [3.63, 3.8) is 0 Å². The molecule has 3 aromatic rings. The van der Waals surface area contributed by atoms with Crippen LogP contribution in [0.5, 0.6) is 0 Å². The second-order valence-corrected chi connectivity index (χ2v) is 7.78. The SMILES string of the molecule is Cc1nn(C)c2nc(C3CC3)cc(C(=O)N3CCCC3c3ccc(=O)[nH]n3)c12. The lowest BCUT2D eigenvalue weighted by Crippen LogP contribution is -2.32. The Bertz CT molecular complexity index is 1120. The lowest BCUT2D eigenvalue weighted by atomic mass is 10.1. The van der Waals surface area contributed by atoms with Gasteiger partial charge in [0.2, 0.25) is 0 Å². The molecule has 0 aromatic carbocycles. The maximum Gasteiger partial charge on any atom is 0.264 e. The van der Waals surface area contributed by atoms with E-state index >= 15 is 0 Å². The molecule has 1 unspecified atom stereocenters. The number of aromatic amines is 1. The van der Waals surface area contributed by atoms with Crippen molar-refractivity contribution >= 4 is 16.9 Å². The van der Waals surface area contributed by atoms with Crippen LogP contribution in [0.1, 0.15) is 65.1 Å². The maximum atomic E-state index is 13.6. The number of pyridine rings is 1. The molecule has 1 atom stereocenters. The molecule has 1 N–H and O–H groups in total. The highest BCUT2D eigenvalue weighted by molar-refractivity contribution is 6.06. The normalized spacial score (nSPS) is 19.5. The van der Waals surface area contributed by atoms with Crippen LogP contribution in [-0.2, 0) is 7.05 Å². The Hall–Kier alpha value is -3.03. The highest BCUT2D eigenvalue weighted by Crippen LogP contribution is 2.41. The molecule has 1 aliphatic heterocycles. The number of H-pyrrole nitrogens is 1. The lowest BCUT2D eigenvalue weighted by Gasteiger charge is -2.24. The summed E-state index contributed by atoms with van der Waals surface area (Å²) in [5.74, 6) is 0.433. The average molecular weight is 378 g/mol. The zero-order chi connectivity index (χ0) is 19.4. The first kappa shape index (κ1) is 17.1. The Balaban J connectivity index is 1.60. The Morgan fingerprint density at radius 3 is 2.75 bits per heavy atom. The molecule has 1 amide bonds. The molecule has 0 radical (unpaired) electrons. The largest absolute Gasteiger partial charge is 0.330 e. The van der Waals surface area contributed by atoms with Crippen molar-refractivity contribution in [2.75, 3.05) is 6.54 Å². The van der Waals surface area contributed by atoms with Gasteiger partial charge in [-0.2, -0.15) is 10.2 Å². The van der Waals surface area contributed by atoms with Crippen molar-refractivity contribution in [3.8, 4) is 0 Å². The van der Waals surface area contributed by atoms with E-state index in [9.17, 15) is 9.59 Å². The van der Waals surface area contributed by atoms with Gasteiger partial charge >= 0.3 is 0 Å². The number of nitrogens with zero attached hydrogens (tertiary/aromatic N) is 5. The van der Waals surface area contributed by atoms with E-state index in [4.69, 9.17) is 4.98 Å². The summed E-state index contributed by atoms with van der Waals surface area (Å²) in [7, 11) is 1.87. The number of fused-ring (bicyclic) bond motifs is 1. The molecular formula is C20H22N6O2. The predicted molar refractivity (Wildman–Crippen MR) is 103 cm³/mol. The summed E-state index contributed by atoms with van der Waals surface area (Å²) >= 11 is 0. The van der Waals surface area contributed by atoms with Gasteiger partial charge in [-0.25, -0.2) is 10.1 Å². The number of amides is 1. The third-order valence-corrected chi connectivity index (χ3v) is 5.77. The number of nitrogens with one attached hydrogen (secondary N) is 1. The minimum atomic E-state index is -0.240. The van der Waals surface area contributed by atoms with E-state index in [0.717, 1.165) is 53.8 Å². The van der Waals surface area contributed by atoms with E-state index in [1.807, 2.05) is 24.9 Å². The molecular weight excluding hydrogens is 356 g/mol. The van der Waals surface area contributed by atoms with E-state index in [1.54, 1.807) is 10.7 Å². The topological polar surface area (TPSA) is 96.8 Å². The van der Waals surface area contributed by atoms with Crippen LogP contribution in [0.3, 0.4) is 0 Å². The van der Waals surface area contributed by atoms with Crippen molar-refractivity contribution in [1.29, 1.82) is 0 Å². The highest BCUT2D eigenvalue weighted by atomic mass is 16.2. The van der Waals surface area contributed by atoms with Gasteiger partial charge in [-0.1, -0.05) is 0 Å². The van der Waals surface area contributed by atoms with Crippen LogP contribution < -0.4 is 5.56 Å². The lowest BCUT2D eigenvalue weighted by molar-refractivity contribution is 0.0734. The number of hydrogen-bond acceptors (Lipinski definition) is 5. The van der Waals surface area contributed by atoms with Crippen LogP contribution in [0.4, 0.5) is 0 Å². The van der Waals surface area contributed by atoms with E-state index in [-0.39, 0.29) is 17.5 Å². The third kappa shape index (κ3) is 2.71. The van der Waals surface area contributed by atoms with Crippen molar-refractivity contribution in [1.82, 2.24) is 29.9 Å². The van der Waals surface area contributed by atoms with Crippen LogP contribution in [0.2, 0.25) is 0 Å². The molecule has 2 aliphatic rings. The minimum Gasteiger partial charge on any atom is -0.330 e. The smallest absolute Gasteiger partial charge is 0.264 e. The van der Waals surface area contributed by atoms with E-state index in [0.29, 0.717) is 18.0 Å². The van der Waals surface area contributed by atoms with Crippen molar-refractivity contribution < 1.29 is 4.79 Å². The molecule has 144 valence electrons. The molecule has 5 rings (SSSR count). The average Bonchev–Trinajstić information content (AvgIpc) is 3.36. The van der Waals surface area contributed by atoms with Crippen LogP contribution in [-0.4, -0.2) is 42.3 Å². The Labute approximate surface area is 161 Å². The molecule has 8 nitrogen and oxygen atoms in total. The minimum absolute atomic E-state index is 0.0131. The van der Waals surface area contributed by atoms with Gasteiger partial charge in [-0.3, -0.25) is 14.3 Å². The third-order valence-electron chi connectivity index (χ3n) is 5.77. The Morgan fingerprint density at radius 1 is 1.21 bits per heavy atom. The zero-order valence-electron chi connectivity index (χ0n) is 16.0. The second kappa shape index (κ2) is 6.25. The summed E-state index contributed by atoms with van der Waals surface area (Å²) in [5.41, 5.74) is 3.72. The van der Waals surface area contributed by atoms with Gasteiger partial charge in [0.05, 0.1) is 28.4 Å². The first-order valence-corrected chi connectivity index (χ1v) is 9.74. The summed E-state index contributed by atoms with van der Waals surface area (Å²) in [5, 5.41) is 12.0. The summed E-state index contributed by atoms with van der Waals surface area (Å²) in [6, 6.07) is 5.01. The molecule has 1 aliphatic carbocycles. The fraction of sp³-hybridized carbons (Fsp3) is 0.450. The maximum absolute atomic E-state index is 13.6. The fourth-order valence-electron chi connectivity index (χ4n) is 4.23. The zero-order valence-corrected chi connectivity index (χ0v) is 16.0. The van der Waals surface area contributed by atoms with Gasteiger partial charge in [-0.05, 0) is 44.7 Å². The van der Waals surface area contributed by atoms with Gasteiger partial charge in [0.1, 0.15) is 0 Å². The van der Waals surface area contributed by atoms with Crippen LogP contribution in [0.25, 0.3) is 11.0 Å². The summed E-state index contributed by atoms with van der Waals surface area (Å²) in [6.45, 7) is 2.59. The fourth-order valence-corrected chi connectivity index (χ4v) is 4.23. The first-order valence-electron chi connectivity index (χ1n) is 9.74. The molecule has 2 fully saturated rings. The molecule has 1 saturated heterocycles. The number of likely N-dealkylation sites (tertiary alicyclic amines) is 1. The van der Waals surface area contributed by atoms with E-state index in [2.05, 4.69) is 15.3 Å². The van der Waals surface area contributed by atoms with Gasteiger partial charge in [0.25, 0.3) is 11.5 Å². The first-order chi connectivity index (χ1) is 13.5. The second-order valence-electron chi connectivity index (χ2n) is 7.78. The van der Waals surface area contributed by atoms with E-state index in [1.165, 1.54) is 6.07 Å². The molecule has 4 heterocycles. The molecule has 8 heteroatoms. The van der Waals surface area contributed by atoms with Gasteiger partial charge in [0.15, 0.2) is 5.65 Å². The number of carbonyl (C=O) groups excluding carboxylic acids is 1. The van der Waals surface area contributed by atoms with Gasteiger partial charge < -0.3 is 4.90 Å². The molecule has 28 heavy (non-hydrogen) atoms. The van der Waals surface area contributed by atoms with Crippen molar-refractivity contribution in [2.24, 2.45) is 7.05 Å². The summed E-state index contributed by atoms with van der Waals surface area (Å²) in [6.07, 6.45) is 3.99. The number of aryl methyl sites for hydroxylation is 2.